The molecule has 4 amide bonds. The van der Waals surface area contributed by atoms with Gasteiger partial charge in [-0.3, -0.25) is 19.8 Å². The minimum Gasteiger partial charge on any atom is -0.482 e. The summed E-state index contributed by atoms with van der Waals surface area (Å²) in [5.41, 5.74) is 5.26. The van der Waals surface area contributed by atoms with Crippen molar-refractivity contribution < 1.29 is 29.0 Å². The summed E-state index contributed by atoms with van der Waals surface area (Å²) in [5.74, 6) is -0.111. The summed E-state index contributed by atoms with van der Waals surface area (Å²) in [7, 11) is 0. The van der Waals surface area contributed by atoms with Gasteiger partial charge < -0.3 is 25.0 Å². The van der Waals surface area contributed by atoms with Gasteiger partial charge in [-0.25, -0.2) is 9.80 Å². The van der Waals surface area contributed by atoms with Gasteiger partial charge in [0.1, 0.15) is 5.75 Å². The number of nitrogens with zero attached hydrogens (tertiary/aromatic N) is 3. The summed E-state index contributed by atoms with van der Waals surface area (Å²) < 4.78 is 5.45. The van der Waals surface area contributed by atoms with Crippen molar-refractivity contribution in [1.82, 2.24) is 20.2 Å². The molecule has 2 aromatic carbocycles. The second-order valence-corrected chi connectivity index (χ2v) is 9.11. The molecule has 1 aliphatic carbocycles. The maximum atomic E-state index is 13.3. The third-order valence-electron chi connectivity index (χ3n) is 6.49. The molecule has 0 radical (unpaired) electrons. The van der Waals surface area contributed by atoms with E-state index in [9.17, 15) is 19.2 Å². The summed E-state index contributed by atoms with van der Waals surface area (Å²) in [5, 5.41) is 13.5. The van der Waals surface area contributed by atoms with Gasteiger partial charge >= 0.3 is 6.09 Å². The van der Waals surface area contributed by atoms with Crippen LogP contribution in [0.2, 0.25) is 0 Å². The van der Waals surface area contributed by atoms with Gasteiger partial charge in [-0.2, -0.15) is 0 Å². The van der Waals surface area contributed by atoms with E-state index < -0.39 is 6.09 Å². The average Bonchev–Trinajstić information content (AvgIpc) is 3.72. The van der Waals surface area contributed by atoms with Crippen LogP contribution in [0.4, 0.5) is 10.5 Å². The lowest BCUT2D eigenvalue weighted by Gasteiger charge is -2.33. The third kappa shape index (κ3) is 5.25. The van der Waals surface area contributed by atoms with E-state index in [1.54, 1.807) is 35.3 Å². The average molecular weight is 494 g/mol. The maximum Gasteiger partial charge on any atom is 0.407 e. The Morgan fingerprint density at radius 1 is 1.03 bits per heavy atom. The highest BCUT2D eigenvalue weighted by Crippen LogP contribution is 2.33. The SMILES string of the molecule is O=C1COc2cc(C(=O)N(Cc3ccc(C(=O)NN4CCN(C(=O)O)CC4)cc3)C3CC3)ccc2N1. The molecule has 1 saturated carbocycles. The number of ether oxygens (including phenoxy) is 1. The van der Waals surface area contributed by atoms with Crippen molar-refractivity contribution in [3.05, 3.63) is 59.2 Å². The number of fused-ring (bicyclic) bond motifs is 1. The summed E-state index contributed by atoms with van der Waals surface area (Å²) in [4.78, 5) is 51.6. The van der Waals surface area contributed by atoms with Crippen LogP contribution in [0.3, 0.4) is 0 Å². The molecule has 2 fully saturated rings. The molecule has 0 spiro atoms. The molecule has 2 heterocycles. The molecule has 11 nitrogen and oxygen atoms in total. The van der Waals surface area contributed by atoms with Crippen LogP contribution in [0.15, 0.2) is 42.5 Å². The molecule has 0 aromatic heterocycles. The van der Waals surface area contributed by atoms with Crippen molar-refractivity contribution >= 4 is 29.5 Å². The van der Waals surface area contributed by atoms with Crippen LogP contribution in [0.1, 0.15) is 39.1 Å². The van der Waals surface area contributed by atoms with Crippen LogP contribution in [-0.4, -0.2) is 82.6 Å². The van der Waals surface area contributed by atoms with E-state index in [4.69, 9.17) is 9.84 Å². The van der Waals surface area contributed by atoms with E-state index in [2.05, 4.69) is 10.7 Å². The zero-order valence-corrected chi connectivity index (χ0v) is 19.6. The number of nitrogens with one attached hydrogen (secondary N) is 2. The fraction of sp³-hybridized carbons (Fsp3) is 0.360. The molecule has 1 saturated heterocycles. The van der Waals surface area contributed by atoms with Gasteiger partial charge in [0, 0.05) is 49.9 Å². The number of hydrazine groups is 1. The van der Waals surface area contributed by atoms with Gasteiger partial charge in [-0.15, -0.1) is 0 Å². The van der Waals surface area contributed by atoms with Gasteiger partial charge in [-0.1, -0.05) is 12.1 Å². The van der Waals surface area contributed by atoms with Crippen molar-refractivity contribution in [2.75, 3.05) is 38.1 Å². The molecule has 0 unspecified atom stereocenters. The Kier molecular flexibility index (Phi) is 6.47. The number of carboxylic acid groups (broad SMARTS) is 1. The van der Waals surface area contributed by atoms with Crippen molar-refractivity contribution in [2.45, 2.75) is 25.4 Å². The summed E-state index contributed by atoms with van der Waals surface area (Å²) in [6.07, 6.45) is 0.932. The summed E-state index contributed by atoms with van der Waals surface area (Å²) in [6, 6.07) is 12.3. The largest absolute Gasteiger partial charge is 0.482 e. The van der Waals surface area contributed by atoms with E-state index in [1.165, 1.54) is 4.90 Å². The number of amides is 4. The first kappa shape index (κ1) is 23.6. The Labute approximate surface area is 207 Å². The van der Waals surface area contributed by atoms with E-state index in [1.807, 2.05) is 17.0 Å². The van der Waals surface area contributed by atoms with Crippen molar-refractivity contribution in [1.29, 1.82) is 0 Å². The number of carbonyl (C=O) groups excluding carboxylic acids is 3. The summed E-state index contributed by atoms with van der Waals surface area (Å²) in [6.45, 7) is 1.87. The van der Waals surface area contributed by atoms with Crippen LogP contribution in [0.5, 0.6) is 5.75 Å². The van der Waals surface area contributed by atoms with Crippen molar-refractivity contribution in [3.63, 3.8) is 0 Å². The number of anilines is 1. The summed E-state index contributed by atoms with van der Waals surface area (Å²) >= 11 is 0. The second kappa shape index (κ2) is 9.86. The molecular formula is C25H27N5O6. The molecular weight excluding hydrogens is 466 g/mol. The van der Waals surface area contributed by atoms with Gasteiger partial charge in [-0.05, 0) is 48.7 Å². The molecule has 5 rings (SSSR count). The van der Waals surface area contributed by atoms with Gasteiger partial charge in [0.2, 0.25) is 0 Å². The van der Waals surface area contributed by atoms with Crippen LogP contribution in [0.25, 0.3) is 0 Å². The molecule has 2 aromatic rings. The van der Waals surface area contributed by atoms with E-state index in [0.29, 0.717) is 55.3 Å². The Morgan fingerprint density at radius 3 is 2.39 bits per heavy atom. The third-order valence-corrected chi connectivity index (χ3v) is 6.49. The first-order valence-electron chi connectivity index (χ1n) is 11.9. The Bertz CT molecular complexity index is 1190. The Morgan fingerprint density at radius 2 is 1.72 bits per heavy atom. The highest BCUT2D eigenvalue weighted by molar-refractivity contribution is 5.99. The topological polar surface area (TPSA) is 132 Å². The highest BCUT2D eigenvalue weighted by Gasteiger charge is 2.33. The van der Waals surface area contributed by atoms with Crippen LogP contribution < -0.4 is 15.5 Å². The predicted molar refractivity (Wildman–Crippen MR) is 129 cm³/mol. The smallest absolute Gasteiger partial charge is 0.407 e. The lowest BCUT2D eigenvalue weighted by atomic mass is 10.1. The minimum atomic E-state index is -0.955. The van der Waals surface area contributed by atoms with Crippen molar-refractivity contribution in [2.24, 2.45) is 0 Å². The number of hydrogen-bond acceptors (Lipinski definition) is 6. The first-order valence-corrected chi connectivity index (χ1v) is 11.9. The minimum absolute atomic E-state index is 0.0740. The first-order chi connectivity index (χ1) is 17.4. The van der Waals surface area contributed by atoms with Gasteiger partial charge in [0.15, 0.2) is 6.61 Å². The molecule has 3 N–H and O–H groups in total. The van der Waals surface area contributed by atoms with E-state index in [0.717, 1.165) is 18.4 Å². The quantitative estimate of drug-likeness (QED) is 0.559. The lowest BCUT2D eigenvalue weighted by molar-refractivity contribution is -0.118. The number of piperazine rings is 1. The molecule has 11 heteroatoms. The lowest BCUT2D eigenvalue weighted by Crippen LogP contribution is -2.54. The highest BCUT2D eigenvalue weighted by atomic mass is 16.5. The maximum absolute atomic E-state index is 13.3. The number of benzene rings is 2. The molecule has 3 aliphatic rings. The normalized spacial score (nSPS) is 17.4. The zero-order chi connectivity index (χ0) is 25.2. The number of hydrogen-bond donors (Lipinski definition) is 3. The number of carbonyl (C=O) groups is 4. The second-order valence-electron chi connectivity index (χ2n) is 9.11. The Balaban J connectivity index is 1.21. The zero-order valence-electron chi connectivity index (χ0n) is 19.6. The molecule has 0 bridgehead atoms. The standard InChI is InChI=1S/C25H27N5O6/c31-22-15-36-21-13-18(5-8-20(21)26-22)24(33)30(19-6-7-19)14-16-1-3-17(4-2-16)23(32)27-29-11-9-28(10-12-29)25(34)35/h1-5,8,13,19H,6-7,9-12,14-15H2,(H,26,31)(H,27,32)(H,34,35). The fourth-order valence-corrected chi connectivity index (χ4v) is 4.30. The molecule has 188 valence electrons. The van der Waals surface area contributed by atoms with Gasteiger partial charge in [0.25, 0.3) is 17.7 Å². The fourth-order valence-electron chi connectivity index (χ4n) is 4.30. The van der Waals surface area contributed by atoms with Gasteiger partial charge in [0.05, 0.1) is 5.69 Å². The van der Waals surface area contributed by atoms with E-state index in [-0.39, 0.29) is 30.4 Å². The Hall–Kier alpha value is -4.12. The number of rotatable bonds is 6. The van der Waals surface area contributed by atoms with Crippen LogP contribution >= 0.6 is 0 Å². The van der Waals surface area contributed by atoms with Crippen LogP contribution in [-0.2, 0) is 11.3 Å². The molecule has 0 atom stereocenters. The van der Waals surface area contributed by atoms with Crippen molar-refractivity contribution in [3.8, 4) is 5.75 Å². The predicted octanol–water partition coefficient (Wildman–Crippen LogP) is 1.76. The monoisotopic (exact) mass is 493 g/mol. The molecule has 36 heavy (non-hydrogen) atoms. The van der Waals surface area contributed by atoms with Crippen LogP contribution in [0, 0.1) is 0 Å². The van der Waals surface area contributed by atoms with E-state index >= 15 is 0 Å². The molecule has 2 aliphatic heterocycles.